The van der Waals surface area contributed by atoms with E-state index in [4.69, 9.17) is 16.7 Å². The second-order valence-electron chi connectivity index (χ2n) is 4.33. The van der Waals surface area contributed by atoms with Crippen LogP contribution >= 0.6 is 11.6 Å². The lowest BCUT2D eigenvalue weighted by atomic mass is 10.2. The van der Waals surface area contributed by atoms with E-state index in [9.17, 15) is 14.0 Å². The van der Waals surface area contributed by atoms with Crippen LogP contribution in [0.4, 0.5) is 14.9 Å². The first-order valence-corrected chi connectivity index (χ1v) is 6.47. The van der Waals surface area contributed by atoms with Crippen LogP contribution in [0, 0.1) is 5.82 Å². The molecule has 20 heavy (non-hydrogen) atoms. The van der Waals surface area contributed by atoms with E-state index in [1.165, 1.54) is 11.0 Å². The van der Waals surface area contributed by atoms with Crippen molar-refractivity contribution in [2.24, 2.45) is 0 Å². The highest BCUT2D eigenvalue weighted by atomic mass is 35.5. The highest BCUT2D eigenvalue weighted by molar-refractivity contribution is 6.33. The third-order valence-corrected chi connectivity index (χ3v) is 3.17. The fourth-order valence-corrected chi connectivity index (χ4v) is 1.79. The molecule has 110 valence electrons. The lowest BCUT2D eigenvalue weighted by molar-refractivity contribution is -0.138. The number of carboxylic acids is 1. The molecular formula is C13H16ClFN2O3. The summed E-state index contributed by atoms with van der Waals surface area (Å²) < 4.78 is 12.9. The van der Waals surface area contributed by atoms with Gasteiger partial charge in [-0.2, -0.15) is 0 Å². The Bertz CT molecular complexity index is 510. The topological polar surface area (TPSA) is 69.6 Å². The number of anilines is 1. The Morgan fingerprint density at radius 1 is 1.50 bits per heavy atom. The zero-order valence-electron chi connectivity index (χ0n) is 11.2. The molecule has 1 rings (SSSR count). The van der Waals surface area contributed by atoms with Crippen LogP contribution in [-0.4, -0.2) is 34.6 Å². The zero-order valence-corrected chi connectivity index (χ0v) is 11.9. The predicted molar refractivity (Wildman–Crippen MR) is 74.5 cm³/mol. The molecule has 0 aliphatic rings. The van der Waals surface area contributed by atoms with Crippen LogP contribution in [0.2, 0.25) is 5.02 Å². The van der Waals surface area contributed by atoms with Gasteiger partial charge in [-0.25, -0.2) is 9.18 Å². The molecule has 1 aromatic carbocycles. The van der Waals surface area contributed by atoms with Crippen LogP contribution < -0.4 is 5.32 Å². The van der Waals surface area contributed by atoms with Gasteiger partial charge in [0.25, 0.3) is 0 Å². The summed E-state index contributed by atoms with van der Waals surface area (Å²) in [6.07, 6.45) is 0.609. The van der Waals surface area contributed by atoms with Crippen LogP contribution in [0.25, 0.3) is 0 Å². The van der Waals surface area contributed by atoms with Crippen molar-refractivity contribution in [1.82, 2.24) is 4.90 Å². The number of urea groups is 1. The Balaban J connectivity index is 2.87. The summed E-state index contributed by atoms with van der Waals surface area (Å²) in [5, 5.41) is 11.4. The number of nitrogens with zero attached hydrogens (tertiary/aromatic N) is 1. The second-order valence-corrected chi connectivity index (χ2v) is 4.74. The second kappa shape index (κ2) is 7.09. The Labute approximate surface area is 121 Å². The molecule has 0 fully saturated rings. The lowest BCUT2D eigenvalue weighted by Crippen LogP contribution is -2.44. The van der Waals surface area contributed by atoms with Crippen LogP contribution in [0.1, 0.15) is 20.3 Å². The van der Waals surface area contributed by atoms with Gasteiger partial charge >= 0.3 is 12.0 Å². The van der Waals surface area contributed by atoms with Gasteiger partial charge in [0.1, 0.15) is 12.4 Å². The van der Waals surface area contributed by atoms with E-state index in [2.05, 4.69) is 5.32 Å². The molecule has 1 unspecified atom stereocenters. The summed E-state index contributed by atoms with van der Waals surface area (Å²) in [6, 6.07) is 2.72. The van der Waals surface area contributed by atoms with Crippen LogP contribution in [-0.2, 0) is 4.79 Å². The average molecular weight is 303 g/mol. The van der Waals surface area contributed by atoms with Gasteiger partial charge in [0, 0.05) is 6.04 Å². The summed E-state index contributed by atoms with van der Waals surface area (Å²) >= 11 is 5.81. The molecule has 2 N–H and O–H groups in total. The maximum atomic E-state index is 12.9. The number of carbonyl (C=O) groups excluding carboxylic acids is 1. The van der Waals surface area contributed by atoms with Crippen molar-refractivity contribution < 1.29 is 19.1 Å². The quantitative estimate of drug-likeness (QED) is 0.877. The number of rotatable bonds is 5. The smallest absolute Gasteiger partial charge is 0.323 e. The fourth-order valence-electron chi connectivity index (χ4n) is 1.57. The van der Waals surface area contributed by atoms with Crippen molar-refractivity contribution in [3.05, 3.63) is 29.0 Å². The number of amides is 2. The Kier molecular flexibility index (Phi) is 5.76. The molecule has 0 bridgehead atoms. The highest BCUT2D eigenvalue weighted by Crippen LogP contribution is 2.23. The maximum Gasteiger partial charge on any atom is 0.323 e. The largest absolute Gasteiger partial charge is 0.480 e. The van der Waals surface area contributed by atoms with E-state index in [-0.39, 0.29) is 16.8 Å². The number of nitrogens with one attached hydrogen (secondary N) is 1. The number of hydrogen-bond acceptors (Lipinski definition) is 2. The molecule has 0 aromatic heterocycles. The fraction of sp³-hybridized carbons (Fsp3) is 0.385. The molecule has 0 spiro atoms. The van der Waals surface area contributed by atoms with Gasteiger partial charge in [0.15, 0.2) is 0 Å². The maximum absolute atomic E-state index is 12.9. The van der Waals surface area contributed by atoms with Gasteiger partial charge in [-0.05, 0) is 31.5 Å². The van der Waals surface area contributed by atoms with E-state index in [0.29, 0.717) is 6.42 Å². The van der Waals surface area contributed by atoms with Gasteiger partial charge < -0.3 is 15.3 Å². The SMILES string of the molecule is CCC(C)N(CC(=O)O)C(=O)Nc1ccc(F)cc1Cl. The van der Waals surface area contributed by atoms with Crippen molar-refractivity contribution in [3.8, 4) is 0 Å². The van der Waals surface area contributed by atoms with E-state index in [1.807, 2.05) is 6.92 Å². The summed E-state index contributed by atoms with van der Waals surface area (Å²) in [4.78, 5) is 24.1. The third kappa shape index (κ3) is 4.38. The summed E-state index contributed by atoms with van der Waals surface area (Å²) in [7, 11) is 0. The minimum Gasteiger partial charge on any atom is -0.480 e. The van der Waals surface area contributed by atoms with E-state index in [0.717, 1.165) is 12.1 Å². The first kappa shape index (κ1) is 16.2. The van der Waals surface area contributed by atoms with E-state index in [1.54, 1.807) is 6.92 Å². The molecule has 0 aliphatic carbocycles. The normalized spacial score (nSPS) is 11.8. The number of hydrogen-bond donors (Lipinski definition) is 2. The number of halogens is 2. The van der Waals surface area contributed by atoms with Crippen molar-refractivity contribution in [2.75, 3.05) is 11.9 Å². The molecule has 1 atom stereocenters. The predicted octanol–water partition coefficient (Wildman–Crippen LogP) is 3.20. The molecule has 1 aromatic rings. The number of carbonyl (C=O) groups is 2. The number of benzene rings is 1. The summed E-state index contributed by atoms with van der Waals surface area (Å²) in [5.74, 6) is -1.62. The van der Waals surface area contributed by atoms with Gasteiger partial charge in [-0.1, -0.05) is 18.5 Å². The van der Waals surface area contributed by atoms with Gasteiger partial charge in [0.2, 0.25) is 0 Å². The molecule has 0 saturated heterocycles. The zero-order chi connectivity index (χ0) is 15.3. The molecule has 2 amide bonds. The lowest BCUT2D eigenvalue weighted by Gasteiger charge is -2.27. The third-order valence-electron chi connectivity index (χ3n) is 2.86. The van der Waals surface area contributed by atoms with Crippen molar-refractivity contribution in [2.45, 2.75) is 26.3 Å². The average Bonchev–Trinajstić information content (AvgIpc) is 2.38. The minimum absolute atomic E-state index is 0.0535. The molecule has 0 heterocycles. The van der Waals surface area contributed by atoms with Crippen LogP contribution in [0.5, 0.6) is 0 Å². The Hall–Kier alpha value is -1.82. The van der Waals surface area contributed by atoms with E-state index >= 15 is 0 Å². The first-order chi connectivity index (χ1) is 9.35. The van der Waals surface area contributed by atoms with E-state index < -0.39 is 24.4 Å². The van der Waals surface area contributed by atoms with Crippen molar-refractivity contribution >= 4 is 29.3 Å². The first-order valence-electron chi connectivity index (χ1n) is 6.09. The molecular weight excluding hydrogens is 287 g/mol. The monoisotopic (exact) mass is 302 g/mol. The molecule has 0 aliphatic heterocycles. The van der Waals surface area contributed by atoms with Crippen molar-refractivity contribution in [3.63, 3.8) is 0 Å². The van der Waals surface area contributed by atoms with Gasteiger partial charge in [-0.3, -0.25) is 4.79 Å². The number of carboxylic acid groups (broad SMARTS) is 1. The molecule has 0 radical (unpaired) electrons. The van der Waals surface area contributed by atoms with Crippen LogP contribution in [0.3, 0.4) is 0 Å². The Morgan fingerprint density at radius 2 is 2.15 bits per heavy atom. The van der Waals surface area contributed by atoms with Gasteiger partial charge in [-0.15, -0.1) is 0 Å². The van der Waals surface area contributed by atoms with Crippen LogP contribution in [0.15, 0.2) is 18.2 Å². The molecule has 0 saturated carbocycles. The number of aliphatic carboxylic acids is 1. The summed E-state index contributed by atoms with van der Waals surface area (Å²) in [5.41, 5.74) is 0.233. The van der Waals surface area contributed by atoms with Crippen molar-refractivity contribution in [1.29, 1.82) is 0 Å². The molecule has 5 nitrogen and oxygen atoms in total. The minimum atomic E-state index is -1.11. The molecule has 7 heteroatoms. The Morgan fingerprint density at radius 3 is 2.65 bits per heavy atom. The summed E-state index contributed by atoms with van der Waals surface area (Å²) in [6.45, 7) is 3.17. The standard InChI is InChI=1S/C13H16ClFN2O3/c1-3-8(2)17(7-12(18)19)13(20)16-11-5-4-9(15)6-10(11)14/h4-6,8H,3,7H2,1-2H3,(H,16,20)(H,18,19). The van der Waals surface area contributed by atoms with Gasteiger partial charge in [0.05, 0.1) is 10.7 Å². The highest BCUT2D eigenvalue weighted by Gasteiger charge is 2.22.